The predicted octanol–water partition coefficient (Wildman–Crippen LogP) is 0.435. The number of rotatable bonds is 7. The third-order valence-electron chi connectivity index (χ3n) is 2.45. The van der Waals surface area contributed by atoms with E-state index in [9.17, 15) is 14.4 Å². The Morgan fingerprint density at radius 1 is 1.29 bits per heavy atom. The van der Waals surface area contributed by atoms with Gasteiger partial charge in [0.05, 0.1) is 0 Å². The molecule has 2 amide bonds. The largest absolute Gasteiger partial charge is 0.478 e. The van der Waals surface area contributed by atoms with Crippen LogP contribution in [0.4, 0.5) is 0 Å². The van der Waals surface area contributed by atoms with Crippen molar-refractivity contribution in [3.05, 3.63) is 35.7 Å². The van der Waals surface area contributed by atoms with Gasteiger partial charge in [0.1, 0.15) is 5.69 Å². The molecule has 0 radical (unpaired) electrons. The van der Waals surface area contributed by atoms with Gasteiger partial charge < -0.3 is 15.7 Å². The second-order valence-electron chi connectivity index (χ2n) is 4.11. The van der Waals surface area contributed by atoms with E-state index < -0.39 is 5.97 Å². The highest BCUT2D eigenvalue weighted by molar-refractivity contribution is 5.92. The average Bonchev–Trinajstić information content (AvgIpc) is 2.45. The summed E-state index contributed by atoms with van der Waals surface area (Å²) in [7, 11) is 0. The molecule has 0 bridgehead atoms. The van der Waals surface area contributed by atoms with Crippen molar-refractivity contribution in [2.75, 3.05) is 13.1 Å². The molecule has 0 saturated heterocycles. The zero-order valence-electron chi connectivity index (χ0n) is 11.6. The Kier molecular flexibility index (Phi) is 6.59. The highest BCUT2D eigenvalue weighted by Gasteiger charge is 2.07. The molecule has 1 aromatic heterocycles. The van der Waals surface area contributed by atoms with Gasteiger partial charge in [-0.25, -0.2) is 4.79 Å². The Hall–Kier alpha value is -2.70. The van der Waals surface area contributed by atoms with Crippen molar-refractivity contribution < 1.29 is 19.5 Å². The molecule has 21 heavy (non-hydrogen) atoms. The van der Waals surface area contributed by atoms with Crippen molar-refractivity contribution in [2.45, 2.75) is 13.3 Å². The Morgan fingerprint density at radius 3 is 2.62 bits per heavy atom. The zero-order chi connectivity index (χ0) is 15.7. The van der Waals surface area contributed by atoms with Gasteiger partial charge in [-0.05, 0) is 24.6 Å². The lowest BCUT2D eigenvalue weighted by atomic mass is 10.2. The first kappa shape index (κ1) is 16.4. The van der Waals surface area contributed by atoms with Gasteiger partial charge in [0.2, 0.25) is 5.91 Å². The fourth-order valence-electron chi connectivity index (χ4n) is 1.47. The third-order valence-corrected chi connectivity index (χ3v) is 2.45. The molecule has 1 aromatic rings. The van der Waals surface area contributed by atoms with Crippen molar-refractivity contribution >= 4 is 23.9 Å². The third kappa shape index (κ3) is 6.33. The summed E-state index contributed by atoms with van der Waals surface area (Å²) >= 11 is 0. The summed E-state index contributed by atoms with van der Waals surface area (Å²) in [5.41, 5.74) is 0.787. The van der Waals surface area contributed by atoms with Crippen LogP contribution in [0.3, 0.4) is 0 Å². The zero-order valence-corrected chi connectivity index (χ0v) is 11.6. The molecule has 0 aliphatic rings. The fourth-order valence-corrected chi connectivity index (χ4v) is 1.47. The maximum Gasteiger partial charge on any atom is 0.328 e. The molecule has 0 spiro atoms. The first-order valence-electron chi connectivity index (χ1n) is 6.45. The summed E-state index contributed by atoms with van der Waals surface area (Å²) in [6, 6.07) is 3.08. The van der Waals surface area contributed by atoms with Crippen LogP contribution in [-0.2, 0) is 9.59 Å². The molecule has 0 atom stereocenters. The predicted molar refractivity (Wildman–Crippen MR) is 76.5 cm³/mol. The molecule has 7 heteroatoms. The molecule has 3 N–H and O–H groups in total. The van der Waals surface area contributed by atoms with Crippen LogP contribution < -0.4 is 10.6 Å². The molecule has 0 aromatic carbocycles. The van der Waals surface area contributed by atoms with Crippen LogP contribution in [0.1, 0.15) is 29.4 Å². The standard InChI is InChI=1S/C14H17N3O4/c1-2-15-12(18)7-8-16-14(21)11-5-3-10(9-17-11)4-6-13(19)20/h3-6,9H,2,7-8H2,1H3,(H,15,18)(H,16,21)(H,19,20)/b6-4+. The Morgan fingerprint density at radius 2 is 2.05 bits per heavy atom. The van der Waals surface area contributed by atoms with Crippen LogP contribution in [0.15, 0.2) is 24.4 Å². The van der Waals surface area contributed by atoms with Crippen molar-refractivity contribution in [1.82, 2.24) is 15.6 Å². The quantitative estimate of drug-likeness (QED) is 0.631. The molecule has 0 aliphatic carbocycles. The van der Waals surface area contributed by atoms with Gasteiger partial charge in [0, 0.05) is 31.8 Å². The molecule has 0 unspecified atom stereocenters. The smallest absolute Gasteiger partial charge is 0.328 e. The number of nitrogens with zero attached hydrogens (tertiary/aromatic N) is 1. The second kappa shape index (κ2) is 8.47. The molecular formula is C14H17N3O4. The summed E-state index contributed by atoms with van der Waals surface area (Å²) in [4.78, 5) is 37.2. The summed E-state index contributed by atoms with van der Waals surface area (Å²) in [6.45, 7) is 2.60. The lowest BCUT2D eigenvalue weighted by Crippen LogP contribution is -2.30. The van der Waals surface area contributed by atoms with Gasteiger partial charge in [-0.1, -0.05) is 6.07 Å². The van der Waals surface area contributed by atoms with Crippen LogP contribution in [0.25, 0.3) is 6.08 Å². The molecule has 7 nitrogen and oxygen atoms in total. The van der Waals surface area contributed by atoms with Crippen LogP contribution in [0.5, 0.6) is 0 Å². The number of carbonyl (C=O) groups excluding carboxylic acids is 2. The van der Waals surface area contributed by atoms with E-state index >= 15 is 0 Å². The molecule has 0 fully saturated rings. The first-order valence-corrected chi connectivity index (χ1v) is 6.45. The summed E-state index contributed by atoms with van der Waals surface area (Å²) < 4.78 is 0. The van der Waals surface area contributed by atoms with E-state index in [0.717, 1.165) is 6.08 Å². The minimum Gasteiger partial charge on any atom is -0.478 e. The van der Waals surface area contributed by atoms with Crippen molar-refractivity contribution in [3.63, 3.8) is 0 Å². The lowest BCUT2D eigenvalue weighted by Gasteiger charge is -2.05. The van der Waals surface area contributed by atoms with E-state index in [1.807, 2.05) is 6.92 Å². The van der Waals surface area contributed by atoms with Crippen LogP contribution in [0.2, 0.25) is 0 Å². The van der Waals surface area contributed by atoms with Gasteiger partial charge in [-0.2, -0.15) is 0 Å². The van der Waals surface area contributed by atoms with Gasteiger partial charge in [-0.15, -0.1) is 0 Å². The molecule has 1 rings (SSSR count). The maximum atomic E-state index is 11.7. The van der Waals surface area contributed by atoms with Gasteiger partial charge in [0.15, 0.2) is 0 Å². The Bertz CT molecular complexity index is 538. The molecule has 112 valence electrons. The second-order valence-corrected chi connectivity index (χ2v) is 4.11. The highest BCUT2D eigenvalue weighted by Crippen LogP contribution is 2.02. The van der Waals surface area contributed by atoms with E-state index in [2.05, 4.69) is 15.6 Å². The number of carbonyl (C=O) groups is 3. The summed E-state index contributed by atoms with van der Waals surface area (Å²) in [5.74, 6) is -1.56. The van der Waals surface area contributed by atoms with E-state index in [1.165, 1.54) is 18.3 Å². The van der Waals surface area contributed by atoms with Crippen molar-refractivity contribution in [2.24, 2.45) is 0 Å². The molecule has 0 aliphatic heterocycles. The van der Waals surface area contributed by atoms with Crippen molar-refractivity contribution in [1.29, 1.82) is 0 Å². The average molecular weight is 291 g/mol. The lowest BCUT2D eigenvalue weighted by molar-refractivity contribution is -0.131. The molecule has 1 heterocycles. The SMILES string of the molecule is CCNC(=O)CCNC(=O)c1ccc(/C=C/C(=O)O)cn1. The highest BCUT2D eigenvalue weighted by atomic mass is 16.4. The van der Waals surface area contributed by atoms with Gasteiger partial charge in [0.25, 0.3) is 5.91 Å². The van der Waals surface area contributed by atoms with Crippen LogP contribution in [0, 0.1) is 0 Å². The van der Waals surface area contributed by atoms with E-state index in [1.54, 1.807) is 6.07 Å². The number of hydrogen-bond acceptors (Lipinski definition) is 4. The number of amides is 2. The van der Waals surface area contributed by atoms with E-state index in [0.29, 0.717) is 12.1 Å². The number of aliphatic carboxylic acids is 1. The van der Waals surface area contributed by atoms with E-state index in [-0.39, 0.29) is 30.5 Å². The minimum absolute atomic E-state index is 0.125. The maximum absolute atomic E-state index is 11.7. The van der Waals surface area contributed by atoms with Crippen LogP contribution >= 0.6 is 0 Å². The number of carboxylic acids is 1. The van der Waals surface area contributed by atoms with Gasteiger partial charge >= 0.3 is 5.97 Å². The number of nitrogens with one attached hydrogen (secondary N) is 2. The number of carboxylic acid groups (broad SMARTS) is 1. The van der Waals surface area contributed by atoms with Gasteiger partial charge in [-0.3, -0.25) is 14.6 Å². The fraction of sp³-hybridized carbons (Fsp3) is 0.286. The number of hydrogen-bond donors (Lipinski definition) is 3. The van der Waals surface area contributed by atoms with E-state index in [4.69, 9.17) is 5.11 Å². The molecule has 0 saturated carbocycles. The topological polar surface area (TPSA) is 108 Å². The van der Waals surface area contributed by atoms with Crippen molar-refractivity contribution in [3.8, 4) is 0 Å². The number of aromatic nitrogens is 1. The van der Waals surface area contributed by atoms with Crippen LogP contribution in [-0.4, -0.2) is 41.0 Å². The Balaban J connectivity index is 2.48. The monoisotopic (exact) mass is 291 g/mol. The normalized spacial score (nSPS) is 10.3. The summed E-state index contributed by atoms with van der Waals surface area (Å²) in [5, 5.41) is 13.7. The molecular weight excluding hydrogens is 274 g/mol. The number of pyridine rings is 1. The first-order chi connectivity index (χ1) is 10.0. The Labute approximate surface area is 122 Å². The minimum atomic E-state index is -1.05. The summed E-state index contributed by atoms with van der Waals surface area (Å²) in [6.07, 6.45) is 3.98.